The Morgan fingerprint density at radius 2 is 2.06 bits per heavy atom. The number of pyridine rings is 1. The van der Waals surface area contributed by atoms with Crippen LogP contribution >= 0.6 is 0 Å². The van der Waals surface area contributed by atoms with E-state index in [-0.39, 0.29) is 18.7 Å². The Morgan fingerprint density at radius 3 is 2.56 bits per heavy atom. The number of nitrogens with one attached hydrogen (secondary N) is 1. The van der Waals surface area contributed by atoms with Crippen molar-refractivity contribution in [2.75, 3.05) is 5.73 Å². The van der Waals surface area contributed by atoms with E-state index in [0.717, 1.165) is 12.3 Å². The minimum Gasteiger partial charge on any atom is -0.383 e. The van der Waals surface area contributed by atoms with E-state index in [1.807, 2.05) is 5.32 Å². The molecule has 0 aromatic carbocycles. The number of nitrogens with zero attached hydrogens (tertiary/aromatic N) is 1. The molecule has 0 bridgehead atoms. The summed E-state index contributed by atoms with van der Waals surface area (Å²) in [5.41, 5.74) is 2.72. The fourth-order valence-corrected chi connectivity index (χ4v) is 1.52. The molecule has 1 heterocycles. The van der Waals surface area contributed by atoms with Crippen molar-refractivity contribution < 1.29 is 22.4 Å². The highest BCUT2D eigenvalue weighted by atomic mass is 19.4. The number of rotatable bonds is 2. The molecule has 0 saturated heterocycles. The van der Waals surface area contributed by atoms with Crippen molar-refractivity contribution in [1.29, 1.82) is 0 Å². The van der Waals surface area contributed by atoms with Gasteiger partial charge in [-0.05, 0) is 18.9 Å². The van der Waals surface area contributed by atoms with Crippen LogP contribution in [0.2, 0.25) is 0 Å². The number of alkyl halides is 3. The zero-order chi connectivity index (χ0) is 13.6. The van der Waals surface area contributed by atoms with Gasteiger partial charge in [-0.3, -0.25) is 4.79 Å². The van der Waals surface area contributed by atoms with E-state index in [4.69, 9.17) is 5.73 Å². The smallest absolute Gasteiger partial charge is 0.383 e. The van der Waals surface area contributed by atoms with Gasteiger partial charge in [-0.15, -0.1) is 0 Å². The number of anilines is 1. The summed E-state index contributed by atoms with van der Waals surface area (Å²) in [6, 6.07) is 0.754. The molecule has 1 amide bonds. The van der Waals surface area contributed by atoms with Crippen LogP contribution in [0.3, 0.4) is 0 Å². The largest absolute Gasteiger partial charge is 0.411 e. The van der Waals surface area contributed by atoms with Gasteiger partial charge in [0.15, 0.2) is 0 Å². The van der Waals surface area contributed by atoms with Gasteiger partial charge < -0.3 is 11.1 Å². The number of nitrogens with two attached hydrogens (primary N) is 1. The minimum absolute atomic E-state index is 0.190. The van der Waals surface area contributed by atoms with E-state index in [1.54, 1.807) is 0 Å². The number of halogens is 4. The van der Waals surface area contributed by atoms with Crippen molar-refractivity contribution in [1.82, 2.24) is 10.3 Å². The first-order chi connectivity index (χ1) is 8.25. The summed E-state index contributed by atoms with van der Waals surface area (Å²) in [6.45, 7) is 0. The number of nitrogen functional groups attached to an aromatic ring is 1. The predicted molar refractivity (Wildman–Crippen MR) is 54.1 cm³/mol. The van der Waals surface area contributed by atoms with Crippen LogP contribution < -0.4 is 11.1 Å². The maximum Gasteiger partial charge on any atom is 0.411 e. The van der Waals surface area contributed by atoms with Crippen LogP contribution in [0.15, 0.2) is 12.3 Å². The van der Waals surface area contributed by atoms with Gasteiger partial charge in [-0.2, -0.15) is 13.2 Å². The standard InChI is InChI=1S/C10H9F4N3O/c11-5-3-6(7(15)16-4-5)8(18)17-9(1-2-9)10(12,13)14/h3-4H,1-2H2,(H2,15,16)(H,17,18). The summed E-state index contributed by atoms with van der Waals surface area (Å²) in [5.74, 6) is -2.23. The molecule has 18 heavy (non-hydrogen) atoms. The van der Waals surface area contributed by atoms with E-state index >= 15 is 0 Å². The Hall–Kier alpha value is -1.86. The highest BCUT2D eigenvalue weighted by molar-refractivity contribution is 5.99. The second-order valence-electron chi connectivity index (χ2n) is 4.12. The minimum atomic E-state index is -4.53. The molecule has 0 radical (unpaired) electrons. The Bertz CT molecular complexity index is 496. The van der Waals surface area contributed by atoms with Crippen molar-refractivity contribution in [2.45, 2.75) is 24.6 Å². The summed E-state index contributed by atoms with van der Waals surface area (Å²) >= 11 is 0. The van der Waals surface area contributed by atoms with Crippen LogP contribution in [-0.2, 0) is 0 Å². The summed E-state index contributed by atoms with van der Waals surface area (Å²) < 4.78 is 50.7. The second-order valence-corrected chi connectivity index (χ2v) is 4.12. The maximum absolute atomic E-state index is 12.9. The first-order valence-electron chi connectivity index (χ1n) is 5.05. The third-order valence-electron chi connectivity index (χ3n) is 2.78. The first-order valence-corrected chi connectivity index (χ1v) is 5.05. The summed E-state index contributed by atoms with van der Waals surface area (Å²) in [4.78, 5) is 15.0. The lowest BCUT2D eigenvalue weighted by molar-refractivity contribution is -0.163. The van der Waals surface area contributed by atoms with Crippen molar-refractivity contribution >= 4 is 11.7 Å². The molecule has 0 spiro atoms. The quantitative estimate of drug-likeness (QED) is 0.797. The topological polar surface area (TPSA) is 68.0 Å². The molecular formula is C10H9F4N3O. The van der Waals surface area contributed by atoms with Crippen molar-refractivity contribution in [2.24, 2.45) is 0 Å². The number of hydrogen-bond donors (Lipinski definition) is 2. The zero-order valence-corrected chi connectivity index (χ0v) is 9.01. The lowest BCUT2D eigenvalue weighted by atomic mass is 10.2. The lowest BCUT2D eigenvalue weighted by Crippen LogP contribution is -2.48. The lowest BCUT2D eigenvalue weighted by Gasteiger charge is -2.20. The van der Waals surface area contributed by atoms with Gasteiger partial charge in [0.2, 0.25) is 0 Å². The molecule has 3 N–H and O–H groups in total. The molecule has 1 aliphatic carbocycles. The molecule has 1 saturated carbocycles. The van der Waals surface area contributed by atoms with Crippen LogP contribution in [-0.4, -0.2) is 22.6 Å². The van der Waals surface area contributed by atoms with Crippen molar-refractivity contribution in [3.05, 3.63) is 23.6 Å². The van der Waals surface area contributed by atoms with Gasteiger partial charge in [-0.1, -0.05) is 0 Å². The highest BCUT2D eigenvalue weighted by Crippen LogP contribution is 2.49. The number of aromatic nitrogens is 1. The van der Waals surface area contributed by atoms with E-state index < -0.39 is 29.0 Å². The van der Waals surface area contributed by atoms with Crippen LogP contribution in [0.25, 0.3) is 0 Å². The van der Waals surface area contributed by atoms with Gasteiger partial charge in [0, 0.05) is 0 Å². The molecule has 0 unspecified atom stereocenters. The summed E-state index contributed by atoms with van der Waals surface area (Å²) in [6.07, 6.45) is -4.13. The van der Waals surface area contributed by atoms with Crippen molar-refractivity contribution in [3.8, 4) is 0 Å². The highest BCUT2D eigenvalue weighted by Gasteiger charge is 2.64. The molecule has 0 atom stereocenters. The van der Waals surface area contributed by atoms with Crippen LogP contribution in [0, 0.1) is 5.82 Å². The molecule has 98 valence electrons. The van der Waals surface area contributed by atoms with E-state index in [1.165, 1.54) is 0 Å². The van der Waals surface area contributed by atoms with Gasteiger partial charge in [-0.25, -0.2) is 9.37 Å². The van der Waals surface area contributed by atoms with Gasteiger partial charge in [0.05, 0.1) is 11.8 Å². The molecule has 0 aliphatic heterocycles. The SMILES string of the molecule is Nc1ncc(F)cc1C(=O)NC1(C(F)(F)F)CC1. The third kappa shape index (κ3) is 2.09. The number of carbonyl (C=O) groups is 1. The molecule has 8 heteroatoms. The molecule has 2 rings (SSSR count). The first kappa shape index (κ1) is 12.6. The number of hydrogen-bond acceptors (Lipinski definition) is 3. The van der Waals surface area contributed by atoms with Crippen LogP contribution in [0.1, 0.15) is 23.2 Å². The fourth-order valence-electron chi connectivity index (χ4n) is 1.52. The van der Waals surface area contributed by atoms with Gasteiger partial charge >= 0.3 is 6.18 Å². The molecule has 1 fully saturated rings. The molecule has 1 aliphatic rings. The maximum atomic E-state index is 12.9. The summed E-state index contributed by atoms with van der Waals surface area (Å²) in [7, 11) is 0. The van der Waals surface area contributed by atoms with E-state index in [0.29, 0.717) is 0 Å². The van der Waals surface area contributed by atoms with Crippen molar-refractivity contribution in [3.63, 3.8) is 0 Å². The number of amides is 1. The normalized spacial score (nSPS) is 17.3. The summed E-state index contributed by atoms with van der Waals surface area (Å²) in [5, 5.41) is 1.84. The Morgan fingerprint density at radius 1 is 1.44 bits per heavy atom. The van der Waals surface area contributed by atoms with Gasteiger partial charge in [0.25, 0.3) is 5.91 Å². The van der Waals surface area contributed by atoms with E-state index in [2.05, 4.69) is 4.98 Å². The number of carbonyl (C=O) groups excluding carboxylic acids is 1. The predicted octanol–water partition coefficient (Wildman–Crippen LogP) is 1.63. The molecular weight excluding hydrogens is 254 g/mol. The second kappa shape index (κ2) is 3.82. The average Bonchev–Trinajstić information content (AvgIpc) is 3.01. The molecule has 1 aromatic rings. The van der Waals surface area contributed by atoms with Crippen LogP contribution in [0.4, 0.5) is 23.4 Å². The van der Waals surface area contributed by atoms with E-state index in [9.17, 15) is 22.4 Å². The Labute approximate surface area is 99.2 Å². The third-order valence-corrected chi connectivity index (χ3v) is 2.78. The zero-order valence-electron chi connectivity index (χ0n) is 9.01. The Kier molecular flexibility index (Phi) is 2.67. The van der Waals surface area contributed by atoms with Gasteiger partial charge in [0.1, 0.15) is 17.2 Å². The average molecular weight is 263 g/mol. The monoisotopic (exact) mass is 263 g/mol. The Balaban J connectivity index is 2.21. The molecule has 4 nitrogen and oxygen atoms in total. The fraction of sp³-hybridized carbons (Fsp3) is 0.400. The molecule has 1 aromatic heterocycles. The van der Waals surface area contributed by atoms with Crippen LogP contribution in [0.5, 0.6) is 0 Å².